The maximum atomic E-state index is 8.82. The van der Waals surface area contributed by atoms with E-state index in [1.807, 2.05) is 0 Å². The minimum absolute atomic E-state index is 0.249. The van der Waals surface area contributed by atoms with Crippen LogP contribution in [0.15, 0.2) is 0 Å². The molecular formula is C7H17NO2. The summed E-state index contributed by atoms with van der Waals surface area (Å²) in [5, 5.41) is 20.6. The van der Waals surface area contributed by atoms with Crippen LogP contribution < -0.4 is 5.32 Å². The highest BCUT2D eigenvalue weighted by atomic mass is 16.3. The summed E-state index contributed by atoms with van der Waals surface area (Å²) in [7, 11) is 0. The Morgan fingerprint density at radius 3 is 2.20 bits per heavy atom. The van der Waals surface area contributed by atoms with Crippen molar-refractivity contribution < 1.29 is 10.2 Å². The fourth-order valence-corrected chi connectivity index (χ4v) is 0.622. The second-order valence-electron chi connectivity index (χ2n) is 2.69. The topological polar surface area (TPSA) is 52.5 Å². The molecule has 0 aliphatic heterocycles. The third-order valence-corrected chi connectivity index (χ3v) is 1.18. The van der Waals surface area contributed by atoms with Gasteiger partial charge in [0.15, 0.2) is 0 Å². The van der Waals surface area contributed by atoms with Crippen molar-refractivity contribution in [1.29, 1.82) is 0 Å². The number of hydrogen-bond acceptors (Lipinski definition) is 3. The van der Waals surface area contributed by atoms with Crippen LogP contribution >= 0.6 is 0 Å². The summed E-state index contributed by atoms with van der Waals surface area (Å²) in [6, 6.07) is 0. The molecule has 3 nitrogen and oxygen atoms in total. The Labute approximate surface area is 62.1 Å². The first-order valence-corrected chi connectivity index (χ1v) is 3.69. The number of hydrogen-bond donors (Lipinski definition) is 3. The quantitative estimate of drug-likeness (QED) is 0.469. The molecule has 62 valence electrons. The smallest absolute Gasteiger partial charge is 0.0636 e. The zero-order chi connectivity index (χ0) is 7.98. The molecular weight excluding hydrogens is 130 g/mol. The van der Waals surface area contributed by atoms with Crippen LogP contribution in [0.25, 0.3) is 0 Å². The van der Waals surface area contributed by atoms with Crippen LogP contribution in [0.2, 0.25) is 0 Å². The molecule has 0 aromatic heterocycles. The van der Waals surface area contributed by atoms with Gasteiger partial charge in [-0.25, -0.2) is 0 Å². The lowest BCUT2D eigenvalue weighted by Crippen LogP contribution is -2.26. The van der Waals surface area contributed by atoms with E-state index >= 15 is 0 Å². The summed E-state index contributed by atoms with van der Waals surface area (Å²) in [5.74, 6) is 0. The molecule has 0 fully saturated rings. The molecule has 0 aromatic rings. The van der Waals surface area contributed by atoms with E-state index in [1.165, 1.54) is 0 Å². The first kappa shape index (κ1) is 9.88. The van der Waals surface area contributed by atoms with Crippen LogP contribution in [0.1, 0.15) is 20.3 Å². The molecule has 0 aliphatic carbocycles. The van der Waals surface area contributed by atoms with Gasteiger partial charge in [0, 0.05) is 6.54 Å². The van der Waals surface area contributed by atoms with E-state index in [-0.39, 0.29) is 12.2 Å². The molecule has 0 bridgehead atoms. The average molecular weight is 147 g/mol. The van der Waals surface area contributed by atoms with Crippen LogP contribution in [-0.4, -0.2) is 35.5 Å². The Morgan fingerprint density at radius 2 is 1.80 bits per heavy atom. The lowest BCUT2D eigenvalue weighted by Gasteiger charge is -2.07. The number of aliphatic hydroxyl groups excluding tert-OH is 2. The largest absolute Gasteiger partial charge is 0.393 e. The van der Waals surface area contributed by atoms with Crippen molar-refractivity contribution in [2.45, 2.75) is 32.5 Å². The van der Waals surface area contributed by atoms with Gasteiger partial charge in [0.2, 0.25) is 0 Å². The Balaban J connectivity index is 2.91. The summed E-state index contributed by atoms with van der Waals surface area (Å²) >= 11 is 0. The molecule has 3 heteroatoms. The van der Waals surface area contributed by atoms with Gasteiger partial charge in [0.1, 0.15) is 0 Å². The van der Waals surface area contributed by atoms with E-state index in [4.69, 9.17) is 10.2 Å². The van der Waals surface area contributed by atoms with E-state index in [0.717, 1.165) is 13.0 Å². The lowest BCUT2D eigenvalue weighted by molar-refractivity contribution is 0.171. The van der Waals surface area contributed by atoms with E-state index in [0.29, 0.717) is 6.54 Å². The van der Waals surface area contributed by atoms with Crippen LogP contribution in [0.3, 0.4) is 0 Å². The number of rotatable bonds is 5. The minimum Gasteiger partial charge on any atom is -0.393 e. The van der Waals surface area contributed by atoms with Gasteiger partial charge >= 0.3 is 0 Å². The first-order chi connectivity index (χ1) is 4.63. The highest BCUT2D eigenvalue weighted by molar-refractivity contribution is 4.54. The summed E-state index contributed by atoms with van der Waals surface area (Å²) in [5.41, 5.74) is 0. The van der Waals surface area contributed by atoms with Crippen LogP contribution in [0.5, 0.6) is 0 Å². The van der Waals surface area contributed by atoms with E-state index in [9.17, 15) is 0 Å². The van der Waals surface area contributed by atoms with Gasteiger partial charge < -0.3 is 15.5 Å². The molecule has 0 spiro atoms. The van der Waals surface area contributed by atoms with Crippen LogP contribution in [0.4, 0.5) is 0 Å². The van der Waals surface area contributed by atoms with Crippen molar-refractivity contribution in [3.05, 3.63) is 0 Å². The molecule has 0 aliphatic rings. The maximum Gasteiger partial charge on any atom is 0.0636 e. The van der Waals surface area contributed by atoms with Gasteiger partial charge in [-0.1, -0.05) is 0 Å². The normalized spacial score (nSPS) is 16.8. The third-order valence-electron chi connectivity index (χ3n) is 1.18. The van der Waals surface area contributed by atoms with Gasteiger partial charge in [-0.05, 0) is 26.8 Å². The van der Waals surface area contributed by atoms with Gasteiger partial charge in [-0.15, -0.1) is 0 Å². The molecule has 0 saturated heterocycles. The maximum absolute atomic E-state index is 8.82. The minimum atomic E-state index is -0.297. The zero-order valence-corrected chi connectivity index (χ0v) is 6.67. The van der Waals surface area contributed by atoms with Gasteiger partial charge in [0.25, 0.3) is 0 Å². The molecule has 10 heavy (non-hydrogen) atoms. The van der Waals surface area contributed by atoms with Gasteiger partial charge in [-0.2, -0.15) is 0 Å². The van der Waals surface area contributed by atoms with Gasteiger partial charge in [-0.3, -0.25) is 0 Å². The van der Waals surface area contributed by atoms with Crippen LogP contribution in [0, 0.1) is 0 Å². The number of nitrogens with one attached hydrogen (secondary N) is 1. The van der Waals surface area contributed by atoms with Crippen molar-refractivity contribution in [3.8, 4) is 0 Å². The predicted molar refractivity (Wildman–Crippen MR) is 40.8 cm³/mol. The highest BCUT2D eigenvalue weighted by Gasteiger charge is 1.96. The lowest BCUT2D eigenvalue weighted by atomic mass is 10.3. The van der Waals surface area contributed by atoms with Crippen molar-refractivity contribution in [1.82, 2.24) is 5.32 Å². The van der Waals surface area contributed by atoms with Gasteiger partial charge in [0.05, 0.1) is 12.2 Å². The molecule has 0 heterocycles. The summed E-state index contributed by atoms with van der Waals surface area (Å²) < 4.78 is 0. The molecule has 2 atom stereocenters. The second kappa shape index (κ2) is 5.65. The predicted octanol–water partition coefficient (Wildman–Crippen LogP) is -0.272. The number of aliphatic hydroxyl groups is 2. The van der Waals surface area contributed by atoms with Crippen molar-refractivity contribution in [2.24, 2.45) is 0 Å². The SMILES string of the molecule is CC(O)CCNC[C@@H](C)O. The standard InChI is InChI=1S/C7H17NO2/c1-6(9)3-4-8-5-7(2)10/h6-10H,3-5H2,1-2H3/t6?,7-/m1/s1. The second-order valence-corrected chi connectivity index (χ2v) is 2.69. The summed E-state index contributed by atoms with van der Waals surface area (Å²) in [6.07, 6.45) is 0.197. The first-order valence-electron chi connectivity index (χ1n) is 3.69. The molecule has 1 unspecified atom stereocenters. The van der Waals surface area contributed by atoms with E-state index < -0.39 is 0 Å². The van der Waals surface area contributed by atoms with Crippen molar-refractivity contribution in [2.75, 3.05) is 13.1 Å². The van der Waals surface area contributed by atoms with Crippen molar-refractivity contribution >= 4 is 0 Å². The average Bonchev–Trinajstić information content (AvgIpc) is 1.79. The fourth-order valence-electron chi connectivity index (χ4n) is 0.622. The summed E-state index contributed by atoms with van der Waals surface area (Å²) in [4.78, 5) is 0. The van der Waals surface area contributed by atoms with E-state index in [2.05, 4.69) is 5.32 Å². The van der Waals surface area contributed by atoms with Crippen molar-refractivity contribution in [3.63, 3.8) is 0 Å². The molecule has 3 N–H and O–H groups in total. The fraction of sp³-hybridized carbons (Fsp3) is 1.00. The monoisotopic (exact) mass is 147 g/mol. The Morgan fingerprint density at radius 1 is 1.20 bits per heavy atom. The Kier molecular flexibility index (Phi) is 5.58. The molecule has 0 rings (SSSR count). The molecule has 0 radical (unpaired) electrons. The van der Waals surface area contributed by atoms with Crippen LogP contribution in [-0.2, 0) is 0 Å². The molecule has 0 aromatic carbocycles. The molecule has 0 saturated carbocycles. The zero-order valence-electron chi connectivity index (χ0n) is 6.67. The Hall–Kier alpha value is -0.120. The summed E-state index contributed by atoms with van der Waals surface area (Å²) in [6.45, 7) is 4.86. The Bertz CT molecular complexity index is 64.0. The third kappa shape index (κ3) is 7.88. The molecule has 0 amide bonds. The highest BCUT2D eigenvalue weighted by Crippen LogP contribution is 1.85. The van der Waals surface area contributed by atoms with E-state index in [1.54, 1.807) is 13.8 Å².